The van der Waals surface area contributed by atoms with Gasteiger partial charge in [0, 0.05) is 70.2 Å². The van der Waals surface area contributed by atoms with Gasteiger partial charge in [-0.1, -0.05) is 67.3 Å². The van der Waals surface area contributed by atoms with Crippen molar-refractivity contribution in [3.63, 3.8) is 0 Å². The van der Waals surface area contributed by atoms with Crippen LogP contribution in [0.25, 0.3) is 22.7 Å². The maximum absolute atomic E-state index is 11.7. The van der Waals surface area contributed by atoms with E-state index in [2.05, 4.69) is 83.5 Å². The number of ether oxygens (including phenoxy) is 3. The van der Waals surface area contributed by atoms with Crippen molar-refractivity contribution in [1.82, 2.24) is 9.88 Å². The van der Waals surface area contributed by atoms with Crippen molar-refractivity contribution in [3.05, 3.63) is 118 Å². The van der Waals surface area contributed by atoms with Crippen LogP contribution in [0.1, 0.15) is 78.8 Å². The third kappa shape index (κ3) is 6.17. The van der Waals surface area contributed by atoms with Crippen LogP contribution >= 0.6 is 0 Å². The lowest BCUT2D eigenvalue weighted by atomic mass is 9.57. The average molecular weight is 750 g/mol. The number of dihydropyridines is 1. The molecule has 3 aromatic carbocycles. The molecule has 5 N–H and O–H groups in total. The lowest BCUT2D eigenvalue weighted by Gasteiger charge is -2.49. The zero-order valence-electron chi connectivity index (χ0n) is 32.1. The number of aromatic nitrogens is 1. The largest absolute Gasteiger partial charge is 0.504 e. The molecular formula is C48H51N3O5. The fourth-order valence-electron chi connectivity index (χ4n) is 10.5. The van der Waals surface area contributed by atoms with Crippen LogP contribution in [0.3, 0.4) is 0 Å². The number of hydrogen-bond acceptors (Lipinski definition) is 7. The SMILES string of the molecule is CC1C#CC2=CC(N)NC3=C2COC(CCC1)CC(O)C1C=Cc2c(ccc(O)c2OCc2cc(C45CCOCC4CCc4ccccc45)cc4cn3cc24)C1. The highest BCUT2D eigenvalue weighted by Crippen LogP contribution is 2.52. The molecule has 8 nitrogen and oxygen atoms in total. The Morgan fingerprint density at radius 2 is 1.93 bits per heavy atom. The molecule has 5 aliphatic heterocycles. The number of phenols is 1. The van der Waals surface area contributed by atoms with Crippen molar-refractivity contribution in [2.75, 3.05) is 19.8 Å². The fourth-order valence-corrected chi connectivity index (χ4v) is 10.5. The first-order valence-corrected chi connectivity index (χ1v) is 20.6. The number of fused-ring (bicyclic) bond motifs is 5. The number of aliphatic hydroxyl groups is 1. The van der Waals surface area contributed by atoms with Crippen LogP contribution in [0.4, 0.5) is 0 Å². The average Bonchev–Trinajstić information content (AvgIpc) is 3.64. The van der Waals surface area contributed by atoms with Crippen LogP contribution in [0.15, 0.2) is 84.2 Å². The van der Waals surface area contributed by atoms with E-state index in [4.69, 9.17) is 19.9 Å². The summed E-state index contributed by atoms with van der Waals surface area (Å²) in [6.45, 7) is 4.22. The zero-order valence-corrected chi connectivity index (χ0v) is 32.1. The van der Waals surface area contributed by atoms with Crippen LogP contribution < -0.4 is 15.8 Å². The van der Waals surface area contributed by atoms with E-state index < -0.39 is 12.3 Å². The summed E-state index contributed by atoms with van der Waals surface area (Å²) < 4.78 is 21.9. The predicted molar refractivity (Wildman–Crippen MR) is 219 cm³/mol. The third-order valence-corrected chi connectivity index (χ3v) is 13.5. The smallest absolute Gasteiger partial charge is 0.168 e. The van der Waals surface area contributed by atoms with E-state index in [1.165, 1.54) is 16.7 Å². The minimum absolute atomic E-state index is 0.0833. The van der Waals surface area contributed by atoms with Crippen molar-refractivity contribution in [1.29, 1.82) is 0 Å². The normalized spacial score (nSPS) is 29.8. The molecule has 1 fully saturated rings. The Balaban J connectivity index is 1.19. The number of nitrogens with two attached hydrogens (primary N) is 1. The fraction of sp³-hybridized carbons (Fsp3) is 0.417. The van der Waals surface area contributed by atoms with Gasteiger partial charge in [0.05, 0.1) is 31.6 Å². The number of aryl methyl sites for hydroxylation is 1. The molecule has 288 valence electrons. The minimum Gasteiger partial charge on any atom is -0.504 e. The quantitative estimate of drug-likeness (QED) is 0.151. The zero-order chi connectivity index (χ0) is 38.0. The Bertz CT molecular complexity index is 2360. The molecule has 8 heteroatoms. The van der Waals surface area contributed by atoms with Gasteiger partial charge in [0.25, 0.3) is 0 Å². The molecule has 0 radical (unpaired) electrons. The molecule has 8 bridgehead atoms. The molecule has 0 amide bonds. The highest BCUT2D eigenvalue weighted by atomic mass is 16.5. The topological polar surface area (TPSA) is 111 Å². The van der Waals surface area contributed by atoms with Crippen molar-refractivity contribution in [3.8, 4) is 23.3 Å². The van der Waals surface area contributed by atoms with Crippen LogP contribution in [0.5, 0.6) is 11.5 Å². The molecule has 2 aliphatic carbocycles. The number of aliphatic hydroxyl groups excluding tert-OH is 1. The summed E-state index contributed by atoms with van der Waals surface area (Å²) in [6.07, 6.45) is 16.3. The molecular weight excluding hydrogens is 699 g/mol. The highest BCUT2D eigenvalue weighted by molar-refractivity contribution is 5.89. The van der Waals surface area contributed by atoms with Crippen molar-refractivity contribution < 1.29 is 24.4 Å². The van der Waals surface area contributed by atoms with Crippen LogP contribution in [-0.4, -0.2) is 53.0 Å². The van der Waals surface area contributed by atoms with Gasteiger partial charge < -0.3 is 40.0 Å². The number of nitrogens with zero attached hydrogens (tertiary/aromatic N) is 1. The maximum Gasteiger partial charge on any atom is 0.168 e. The van der Waals surface area contributed by atoms with Gasteiger partial charge in [0.1, 0.15) is 12.4 Å². The van der Waals surface area contributed by atoms with Crippen molar-refractivity contribution in [2.45, 2.75) is 88.7 Å². The van der Waals surface area contributed by atoms with Crippen LogP contribution in [0, 0.1) is 29.6 Å². The highest BCUT2D eigenvalue weighted by Gasteiger charge is 2.47. The summed E-state index contributed by atoms with van der Waals surface area (Å²) in [5, 5.41) is 28.7. The van der Waals surface area contributed by atoms with Crippen LogP contribution in [0.2, 0.25) is 0 Å². The summed E-state index contributed by atoms with van der Waals surface area (Å²) in [5.41, 5.74) is 15.4. The van der Waals surface area contributed by atoms with Crippen molar-refractivity contribution >= 4 is 22.7 Å². The van der Waals surface area contributed by atoms with Gasteiger partial charge in [0.2, 0.25) is 0 Å². The van der Waals surface area contributed by atoms with Gasteiger partial charge in [-0.3, -0.25) is 0 Å². The Hall–Kier alpha value is -4.78. The van der Waals surface area contributed by atoms with E-state index in [1.54, 1.807) is 6.07 Å². The second-order valence-electron chi connectivity index (χ2n) is 16.9. The molecule has 11 rings (SSSR count). The summed E-state index contributed by atoms with van der Waals surface area (Å²) in [4.78, 5) is 0. The standard InChI is InChI=1S/C48H51N3O5/c1-29-5-4-7-38-23-44(53)33-12-15-39-31(19-33)13-16-43(52)46(39)56-26-35-21-37(48-17-18-54-27-36(48)14-11-30-6-2-3-8-42(30)48)20-34-24-51(25-40(34)35)47-41(28-55-38)32(10-9-29)22-45(49)50-47/h2-3,6,8,12-13,15-16,20-22,24-25,29,33,36,38,44-45,50,52-53H,4-5,7,11,14,17-19,23,26-28,49H2,1H3. The second-order valence-corrected chi connectivity index (χ2v) is 16.9. The molecule has 0 spiro atoms. The van der Waals surface area contributed by atoms with Crippen molar-refractivity contribution in [2.24, 2.45) is 23.5 Å². The number of aromatic hydroxyl groups is 1. The van der Waals surface area contributed by atoms with E-state index in [1.807, 2.05) is 18.2 Å². The molecule has 56 heavy (non-hydrogen) atoms. The number of benzene rings is 3. The molecule has 1 aromatic heterocycles. The van der Waals surface area contributed by atoms with E-state index in [-0.39, 0.29) is 35.7 Å². The Morgan fingerprint density at radius 3 is 2.86 bits per heavy atom. The Morgan fingerprint density at radius 1 is 1.02 bits per heavy atom. The number of hydrogen-bond donors (Lipinski definition) is 4. The predicted octanol–water partition coefficient (Wildman–Crippen LogP) is 7.34. The van der Waals surface area contributed by atoms with Gasteiger partial charge in [-0.05, 0) is 96.9 Å². The first kappa shape index (κ1) is 35.6. The van der Waals surface area contributed by atoms with Gasteiger partial charge in [0.15, 0.2) is 11.5 Å². The molecule has 7 atom stereocenters. The van der Waals surface area contributed by atoms with E-state index in [0.717, 1.165) is 89.6 Å². The minimum atomic E-state index is -0.595. The third-order valence-electron chi connectivity index (χ3n) is 13.5. The molecule has 7 unspecified atom stereocenters. The van der Waals surface area contributed by atoms with E-state index in [0.29, 0.717) is 37.7 Å². The summed E-state index contributed by atoms with van der Waals surface area (Å²) in [5.74, 6) is 8.94. The van der Waals surface area contributed by atoms with E-state index >= 15 is 0 Å². The lowest BCUT2D eigenvalue weighted by molar-refractivity contribution is 0.00497. The Labute approximate surface area is 329 Å². The van der Waals surface area contributed by atoms with Gasteiger partial charge in [-0.15, -0.1) is 0 Å². The summed E-state index contributed by atoms with van der Waals surface area (Å²) in [6, 6.07) is 17.4. The number of rotatable bonds is 1. The number of nitrogens with one attached hydrogen (secondary N) is 1. The monoisotopic (exact) mass is 749 g/mol. The lowest BCUT2D eigenvalue weighted by Crippen LogP contribution is -2.47. The summed E-state index contributed by atoms with van der Waals surface area (Å²) in [7, 11) is 0. The molecule has 7 aliphatic rings. The van der Waals surface area contributed by atoms with Gasteiger partial charge in [-0.25, -0.2) is 0 Å². The molecule has 0 saturated carbocycles. The Kier molecular flexibility index (Phi) is 9.10. The number of phenolic OH excluding ortho intramolecular Hbond substituents is 1. The van der Waals surface area contributed by atoms with E-state index in [9.17, 15) is 10.2 Å². The second kappa shape index (κ2) is 14.3. The molecule has 1 saturated heterocycles. The summed E-state index contributed by atoms with van der Waals surface area (Å²) >= 11 is 0. The molecule has 6 heterocycles. The first-order valence-electron chi connectivity index (χ1n) is 20.6. The van der Waals surface area contributed by atoms with Gasteiger partial charge >= 0.3 is 0 Å². The first-order chi connectivity index (χ1) is 27.3. The maximum atomic E-state index is 11.7. The molecule has 4 aromatic rings. The van der Waals surface area contributed by atoms with Crippen LogP contribution in [-0.2, 0) is 34.3 Å². The van der Waals surface area contributed by atoms with Gasteiger partial charge in [-0.2, -0.15) is 0 Å².